The summed E-state index contributed by atoms with van der Waals surface area (Å²) < 4.78 is 0. The molecule has 3 aromatic carbocycles. The third-order valence-corrected chi connectivity index (χ3v) is 4.39. The zero-order chi connectivity index (χ0) is 20.3. The number of anilines is 2. The standard InChI is InChI=1S/C22H20N2O4/c1-13-7-5-9-15(19(13)25)21(27)23-17-11-3-4-12-18(17)24-22(28)16-10-6-8-14(2)20(16)26/h3-12,25-26H,1-2H3,(H,23,27)(H,24,28). The molecule has 3 rings (SSSR count). The molecule has 0 aliphatic carbocycles. The van der Waals surface area contributed by atoms with E-state index in [0.717, 1.165) is 0 Å². The molecule has 2 amide bonds. The van der Waals surface area contributed by atoms with Gasteiger partial charge in [-0.1, -0.05) is 36.4 Å². The van der Waals surface area contributed by atoms with Crippen molar-refractivity contribution in [1.29, 1.82) is 0 Å². The maximum Gasteiger partial charge on any atom is 0.259 e. The number of hydrogen-bond acceptors (Lipinski definition) is 4. The Morgan fingerprint density at radius 3 is 1.43 bits per heavy atom. The number of aromatic hydroxyl groups is 2. The predicted octanol–water partition coefficient (Wildman–Crippen LogP) is 4.22. The highest BCUT2D eigenvalue weighted by molar-refractivity contribution is 6.11. The molecule has 0 spiro atoms. The maximum absolute atomic E-state index is 12.6. The molecule has 142 valence electrons. The largest absolute Gasteiger partial charge is 0.507 e. The van der Waals surface area contributed by atoms with Gasteiger partial charge in [0.1, 0.15) is 11.5 Å². The van der Waals surface area contributed by atoms with Crippen molar-refractivity contribution in [3.63, 3.8) is 0 Å². The lowest BCUT2D eigenvalue weighted by atomic mass is 10.1. The first-order chi connectivity index (χ1) is 13.4. The van der Waals surface area contributed by atoms with E-state index < -0.39 is 11.8 Å². The van der Waals surface area contributed by atoms with E-state index in [2.05, 4.69) is 10.6 Å². The van der Waals surface area contributed by atoms with Crippen LogP contribution in [0.4, 0.5) is 11.4 Å². The van der Waals surface area contributed by atoms with Gasteiger partial charge in [0.05, 0.1) is 22.5 Å². The van der Waals surface area contributed by atoms with Crippen LogP contribution in [-0.4, -0.2) is 22.0 Å². The lowest BCUT2D eigenvalue weighted by Gasteiger charge is -2.14. The predicted molar refractivity (Wildman–Crippen MR) is 108 cm³/mol. The molecule has 0 saturated heterocycles. The monoisotopic (exact) mass is 376 g/mol. The number of nitrogens with one attached hydrogen (secondary N) is 2. The molecule has 0 aliphatic heterocycles. The van der Waals surface area contributed by atoms with Crippen molar-refractivity contribution in [3.8, 4) is 11.5 Å². The first-order valence-electron chi connectivity index (χ1n) is 8.67. The molecule has 0 aliphatic rings. The van der Waals surface area contributed by atoms with E-state index in [1.807, 2.05) is 0 Å². The Balaban J connectivity index is 1.85. The average molecular weight is 376 g/mol. The number of carbonyl (C=O) groups is 2. The van der Waals surface area contributed by atoms with Crippen LogP contribution in [0.1, 0.15) is 31.8 Å². The number of phenols is 2. The molecule has 0 unspecified atom stereocenters. The molecule has 28 heavy (non-hydrogen) atoms. The summed E-state index contributed by atoms with van der Waals surface area (Å²) in [5, 5.41) is 25.6. The number of amides is 2. The normalized spacial score (nSPS) is 10.4. The molecular weight excluding hydrogens is 356 g/mol. The van der Waals surface area contributed by atoms with Crippen molar-refractivity contribution >= 4 is 23.2 Å². The van der Waals surface area contributed by atoms with Gasteiger partial charge < -0.3 is 20.8 Å². The van der Waals surface area contributed by atoms with Crippen LogP contribution in [0.15, 0.2) is 60.7 Å². The van der Waals surface area contributed by atoms with Crippen molar-refractivity contribution in [2.75, 3.05) is 10.6 Å². The first kappa shape index (κ1) is 19.0. The van der Waals surface area contributed by atoms with Gasteiger partial charge in [-0.3, -0.25) is 9.59 Å². The summed E-state index contributed by atoms with van der Waals surface area (Å²) in [4.78, 5) is 25.1. The fraction of sp³-hybridized carbons (Fsp3) is 0.0909. The van der Waals surface area contributed by atoms with Gasteiger partial charge in [-0.25, -0.2) is 0 Å². The van der Waals surface area contributed by atoms with Gasteiger partial charge >= 0.3 is 0 Å². The van der Waals surface area contributed by atoms with E-state index in [0.29, 0.717) is 22.5 Å². The lowest BCUT2D eigenvalue weighted by Crippen LogP contribution is -2.17. The van der Waals surface area contributed by atoms with Crippen molar-refractivity contribution in [2.24, 2.45) is 0 Å². The van der Waals surface area contributed by atoms with E-state index in [-0.39, 0.29) is 22.6 Å². The molecule has 0 radical (unpaired) electrons. The molecule has 0 saturated carbocycles. The van der Waals surface area contributed by atoms with Gasteiger partial charge in [-0.2, -0.15) is 0 Å². The topological polar surface area (TPSA) is 98.7 Å². The van der Waals surface area contributed by atoms with Gasteiger partial charge in [0.2, 0.25) is 0 Å². The van der Waals surface area contributed by atoms with Crippen LogP contribution < -0.4 is 10.6 Å². The number of carbonyl (C=O) groups excluding carboxylic acids is 2. The zero-order valence-corrected chi connectivity index (χ0v) is 15.5. The van der Waals surface area contributed by atoms with Gasteiger partial charge in [0.25, 0.3) is 11.8 Å². The number of phenolic OH excluding ortho intramolecular Hbond substituents is 2. The maximum atomic E-state index is 12.6. The highest BCUT2D eigenvalue weighted by Gasteiger charge is 2.17. The van der Waals surface area contributed by atoms with Gasteiger partial charge in [0, 0.05) is 0 Å². The van der Waals surface area contributed by atoms with Gasteiger partial charge in [0.15, 0.2) is 0 Å². The molecule has 4 N–H and O–H groups in total. The van der Waals surface area contributed by atoms with Crippen molar-refractivity contribution < 1.29 is 19.8 Å². The smallest absolute Gasteiger partial charge is 0.259 e. The van der Waals surface area contributed by atoms with E-state index in [1.54, 1.807) is 62.4 Å². The Morgan fingerprint density at radius 1 is 0.643 bits per heavy atom. The minimum atomic E-state index is -0.499. The number of para-hydroxylation sites is 4. The Morgan fingerprint density at radius 2 is 1.04 bits per heavy atom. The fourth-order valence-electron chi connectivity index (χ4n) is 2.76. The van der Waals surface area contributed by atoms with E-state index in [4.69, 9.17) is 0 Å². The fourth-order valence-corrected chi connectivity index (χ4v) is 2.76. The molecule has 3 aromatic rings. The first-order valence-corrected chi connectivity index (χ1v) is 8.67. The van der Waals surface area contributed by atoms with E-state index in [9.17, 15) is 19.8 Å². The van der Waals surface area contributed by atoms with Crippen LogP contribution in [0.2, 0.25) is 0 Å². The molecule has 0 bridgehead atoms. The van der Waals surface area contributed by atoms with Crippen molar-refractivity contribution in [1.82, 2.24) is 0 Å². The molecule has 0 fully saturated rings. The summed E-state index contributed by atoms with van der Waals surface area (Å²) >= 11 is 0. The van der Waals surface area contributed by atoms with Crippen LogP contribution in [-0.2, 0) is 0 Å². The molecule has 0 aromatic heterocycles. The number of rotatable bonds is 4. The van der Waals surface area contributed by atoms with Crippen LogP contribution in [0, 0.1) is 13.8 Å². The van der Waals surface area contributed by atoms with Crippen molar-refractivity contribution in [2.45, 2.75) is 13.8 Å². The minimum Gasteiger partial charge on any atom is -0.507 e. The second kappa shape index (κ2) is 7.84. The Bertz CT molecular complexity index is 976. The Labute approximate surface area is 162 Å². The van der Waals surface area contributed by atoms with Crippen LogP contribution >= 0.6 is 0 Å². The summed E-state index contributed by atoms with van der Waals surface area (Å²) in [7, 11) is 0. The van der Waals surface area contributed by atoms with Crippen LogP contribution in [0.25, 0.3) is 0 Å². The second-order valence-electron chi connectivity index (χ2n) is 6.40. The lowest BCUT2D eigenvalue weighted by molar-refractivity contribution is 0.101. The highest BCUT2D eigenvalue weighted by atomic mass is 16.3. The highest BCUT2D eigenvalue weighted by Crippen LogP contribution is 2.27. The van der Waals surface area contributed by atoms with Crippen molar-refractivity contribution in [3.05, 3.63) is 82.9 Å². The number of hydrogen-bond donors (Lipinski definition) is 4. The van der Waals surface area contributed by atoms with Crippen LogP contribution in [0.5, 0.6) is 11.5 Å². The summed E-state index contributed by atoms with van der Waals surface area (Å²) in [6.07, 6.45) is 0. The summed E-state index contributed by atoms with van der Waals surface area (Å²) in [6.45, 7) is 3.41. The molecule has 0 heterocycles. The quantitative estimate of drug-likeness (QED) is 0.548. The second-order valence-corrected chi connectivity index (χ2v) is 6.40. The average Bonchev–Trinajstić information content (AvgIpc) is 2.67. The SMILES string of the molecule is Cc1cccc(C(=O)Nc2ccccc2NC(=O)c2cccc(C)c2O)c1O. The van der Waals surface area contributed by atoms with Gasteiger partial charge in [-0.05, 0) is 49.2 Å². The third kappa shape index (κ3) is 3.81. The molecule has 6 heteroatoms. The molecule has 0 atom stereocenters. The summed E-state index contributed by atoms with van der Waals surface area (Å²) in [6, 6.07) is 16.5. The van der Waals surface area contributed by atoms with E-state index >= 15 is 0 Å². The van der Waals surface area contributed by atoms with E-state index in [1.165, 1.54) is 12.1 Å². The number of benzene rings is 3. The molecule has 6 nitrogen and oxygen atoms in total. The Hall–Kier alpha value is -3.80. The Kier molecular flexibility index (Phi) is 5.31. The third-order valence-electron chi connectivity index (χ3n) is 4.39. The number of aryl methyl sites for hydroxylation is 2. The summed E-state index contributed by atoms with van der Waals surface area (Å²) in [5.41, 5.74) is 2.19. The van der Waals surface area contributed by atoms with Gasteiger partial charge in [-0.15, -0.1) is 0 Å². The molecular formula is C22H20N2O4. The minimum absolute atomic E-state index is 0.0915. The zero-order valence-electron chi connectivity index (χ0n) is 15.5. The summed E-state index contributed by atoms with van der Waals surface area (Å²) in [5.74, 6) is -1.18. The van der Waals surface area contributed by atoms with Crippen LogP contribution in [0.3, 0.4) is 0 Å².